The topological polar surface area (TPSA) is 70.1 Å². The molecule has 0 aliphatic carbocycles. The molecule has 5 nitrogen and oxygen atoms in total. The van der Waals surface area contributed by atoms with Crippen molar-refractivity contribution in [2.45, 2.75) is 51.6 Å². The van der Waals surface area contributed by atoms with Gasteiger partial charge in [-0.25, -0.2) is 0 Å². The predicted octanol–water partition coefficient (Wildman–Crippen LogP) is 5.25. The van der Waals surface area contributed by atoms with Crippen molar-refractivity contribution in [2.24, 2.45) is 0 Å². The van der Waals surface area contributed by atoms with Crippen LogP contribution in [0.3, 0.4) is 0 Å². The van der Waals surface area contributed by atoms with Gasteiger partial charge < -0.3 is 19.5 Å². The Balaban J connectivity index is 1.65. The molecule has 1 heterocycles. The van der Waals surface area contributed by atoms with E-state index < -0.39 is 8.32 Å². The van der Waals surface area contributed by atoms with Crippen molar-refractivity contribution in [1.82, 2.24) is 10.3 Å². The minimum Gasteiger partial charge on any atom is -0.489 e. The standard InChI is InChI=1S/C25H33N3O2Si/c1-25(2,14-20-16-27-23-12-8-7-11-22(20)23)28-17-21(30-31(3,4)5)18-29-24-13-9-6-10-19(24)15-26/h6-13,16,21,27-28H,14,17-18H2,1-5H3. The molecule has 0 saturated heterocycles. The zero-order valence-electron chi connectivity index (χ0n) is 19.2. The van der Waals surface area contributed by atoms with E-state index >= 15 is 0 Å². The van der Waals surface area contributed by atoms with Crippen molar-refractivity contribution in [3.8, 4) is 11.8 Å². The van der Waals surface area contributed by atoms with E-state index in [1.807, 2.05) is 18.2 Å². The molecule has 0 saturated carbocycles. The first kappa shape index (κ1) is 23.1. The fourth-order valence-electron chi connectivity index (χ4n) is 3.71. The van der Waals surface area contributed by atoms with Gasteiger partial charge in [0.2, 0.25) is 0 Å². The highest BCUT2D eigenvalue weighted by Crippen LogP contribution is 2.23. The van der Waals surface area contributed by atoms with Gasteiger partial charge in [-0.15, -0.1) is 0 Å². The van der Waals surface area contributed by atoms with Crippen molar-refractivity contribution < 1.29 is 9.16 Å². The lowest BCUT2D eigenvalue weighted by molar-refractivity contribution is 0.113. The van der Waals surface area contributed by atoms with Gasteiger partial charge in [0.1, 0.15) is 18.4 Å². The highest BCUT2D eigenvalue weighted by molar-refractivity contribution is 6.69. The molecule has 31 heavy (non-hydrogen) atoms. The summed E-state index contributed by atoms with van der Waals surface area (Å²) >= 11 is 0. The third-order valence-corrected chi connectivity index (χ3v) is 6.11. The number of nitrogens with zero attached hydrogens (tertiary/aromatic N) is 1. The van der Waals surface area contributed by atoms with Crippen LogP contribution in [0.2, 0.25) is 19.6 Å². The molecule has 0 aliphatic rings. The molecular formula is C25H33N3O2Si. The van der Waals surface area contributed by atoms with E-state index in [2.05, 4.69) is 80.3 Å². The number of hydrogen-bond donors (Lipinski definition) is 2. The molecular weight excluding hydrogens is 402 g/mol. The smallest absolute Gasteiger partial charge is 0.184 e. The second-order valence-electron chi connectivity index (χ2n) is 9.57. The Morgan fingerprint density at radius 1 is 1.10 bits per heavy atom. The van der Waals surface area contributed by atoms with Gasteiger partial charge in [0.25, 0.3) is 0 Å². The van der Waals surface area contributed by atoms with Crippen molar-refractivity contribution >= 4 is 19.2 Å². The summed E-state index contributed by atoms with van der Waals surface area (Å²) in [7, 11) is -1.77. The molecule has 2 N–H and O–H groups in total. The number of ether oxygens (including phenoxy) is 1. The fourth-order valence-corrected chi connectivity index (χ4v) is 4.86. The molecule has 6 heteroatoms. The van der Waals surface area contributed by atoms with Gasteiger partial charge in [-0.1, -0.05) is 30.3 Å². The van der Waals surface area contributed by atoms with Crippen molar-refractivity contribution in [3.05, 3.63) is 65.9 Å². The number of aromatic nitrogens is 1. The van der Waals surface area contributed by atoms with Crippen LogP contribution >= 0.6 is 0 Å². The Morgan fingerprint density at radius 3 is 2.55 bits per heavy atom. The summed E-state index contributed by atoms with van der Waals surface area (Å²) in [6.07, 6.45) is 2.90. The van der Waals surface area contributed by atoms with Crippen LogP contribution in [-0.4, -0.2) is 38.1 Å². The Morgan fingerprint density at radius 2 is 1.81 bits per heavy atom. The highest BCUT2D eigenvalue weighted by atomic mass is 28.4. The van der Waals surface area contributed by atoms with Gasteiger partial charge in [-0.2, -0.15) is 5.26 Å². The molecule has 0 aliphatic heterocycles. The maximum atomic E-state index is 9.31. The zero-order valence-corrected chi connectivity index (χ0v) is 20.2. The molecule has 164 valence electrons. The fraction of sp³-hybridized carbons (Fsp3) is 0.400. The van der Waals surface area contributed by atoms with E-state index in [9.17, 15) is 5.26 Å². The van der Waals surface area contributed by atoms with Gasteiger partial charge in [-0.3, -0.25) is 0 Å². The highest BCUT2D eigenvalue weighted by Gasteiger charge is 2.26. The van der Waals surface area contributed by atoms with Crippen LogP contribution < -0.4 is 10.1 Å². The number of benzene rings is 2. The summed E-state index contributed by atoms with van der Waals surface area (Å²) < 4.78 is 12.4. The SMILES string of the molecule is CC(C)(Cc1c[nH]c2ccccc12)NCC(COc1ccccc1C#N)O[Si](C)(C)C. The molecule has 1 aromatic heterocycles. The maximum absolute atomic E-state index is 9.31. The largest absolute Gasteiger partial charge is 0.489 e. The number of aromatic amines is 1. The van der Waals surface area contributed by atoms with E-state index in [4.69, 9.17) is 9.16 Å². The van der Waals surface area contributed by atoms with Gasteiger partial charge in [-0.05, 0) is 63.7 Å². The number of para-hydroxylation sites is 2. The predicted molar refractivity (Wildman–Crippen MR) is 129 cm³/mol. The Kier molecular flexibility index (Phi) is 7.21. The van der Waals surface area contributed by atoms with Crippen LogP contribution in [0.4, 0.5) is 0 Å². The molecule has 1 unspecified atom stereocenters. The molecule has 0 amide bonds. The van der Waals surface area contributed by atoms with Crippen LogP contribution in [0.15, 0.2) is 54.7 Å². The summed E-state index contributed by atoms with van der Waals surface area (Å²) in [4.78, 5) is 3.36. The molecule has 3 aromatic rings. The lowest BCUT2D eigenvalue weighted by Gasteiger charge is -2.32. The summed E-state index contributed by atoms with van der Waals surface area (Å²) in [5.41, 5.74) is 2.89. The molecule has 0 radical (unpaired) electrons. The normalized spacial score (nSPS) is 13.2. The first-order valence-electron chi connectivity index (χ1n) is 10.8. The first-order chi connectivity index (χ1) is 14.7. The molecule has 2 aromatic carbocycles. The summed E-state index contributed by atoms with van der Waals surface area (Å²) in [5, 5.41) is 14.3. The molecule has 0 fully saturated rings. The minimum absolute atomic E-state index is 0.0966. The quantitative estimate of drug-likeness (QED) is 0.427. The van der Waals surface area contributed by atoms with Gasteiger partial charge in [0, 0.05) is 29.2 Å². The lowest BCUT2D eigenvalue weighted by atomic mass is 9.94. The van der Waals surface area contributed by atoms with E-state index in [-0.39, 0.29) is 11.6 Å². The second-order valence-corrected chi connectivity index (χ2v) is 14.0. The maximum Gasteiger partial charge on any atom is 0.184 e. The summed E-state index contributed by atoms with van der Waals surface area (Å²) in [6.45, 7) is 12.0. The van der Waals surface area contributed by atoms with E-state index in [1.54, 1.807) is 6.07 Å². The second kappa shape index (κ2) is 9.69. The van der Waals surface area contributed by atoms with Crippen LogP contribution in [0.25, 0.3) is 10.9 Å². The third-order valence-electron chi connectivity index (χ3n) is 5.07. The Hall–Kier alpha value is -2.59. The van der Waals surface area contributed by atoms with Gasteiger partial charge >= 0.3 is 0 Å². The Labute approximate surface area is 186 Å². The molecule has 0 bridgehead atoms. The number of nitriles is 1. The number of fused-ring (bicyclic) bond motifs is 1. The monoisotopic (exact) mass is 435 g/mol. The zero-order chi connectivity index (χ0) is 22.5. The average Bonchev–Trinajstić information content (AvgIpc) is 3.11. The van der Waals surface area contributed by atoms with Crippen molar-refractivity contribution in [3.63, 3.8) is 0 Å². The minimum atomic E-state index is -1.77. The first-order valence-corrected chi connectivity index (χ1v) is 14.2. The number of nitrogens with one attached hydrogen (secondary N) is 2. The number of rotatable bonds is 10. The summed E-state index contributed by atoms with van der Waals surface area (Å²) in [5.74, 6) is 0.604. The number of hydrogen-bond acceptors (Lipinski definition) is 4. The van der Waals surface area contributed by atoms with Crippen LogP contribution in [0, 0.1) is 11.3 Å². The molecule has 1 atom stereocenters. The van der Waals surface area contributed by atoms with E-state index in [1.165, 1.54) is 10.9 Å². The van der Waals surface area contributed by atoms with Crippen LogP contribution in [-0.2, 0) is 10.8 Å². The lowest BCUT2D eigenvalue weighted by Crippen LogP contribution is -2.49. The van der Waals surface area contributed by atoms with Crippen LogP contribution in [0.1, 0.15) is 25.0 Å². The Bertz CT molecular complexity index is 1050. The van der Waals surface area contributed by atoms with Crippen molar-refractivity contribution in [2.75, 3.05) is 13.2 Å². The van der Waals surface area contributed by atoms with Crippen molar-refractivity contribution in [1.29, 1.82) is 5.26 Å². The molecule has 0 spiro atoms. The van der Waals surface area contributed by atoms with E-state index in [0.29, 0.717) is 24.5 Å². The van der Waals surface area contributed by atoms with E-state index in [0.717, 1.165) is 11.9 Å². The van der Waals surface area contributed by atoms with Gasteiger partial charge in [0.05, 0.1) is 11.7 Å². The average molecular weight is 436 g/mol. The van der Waals surface area contributed by atoms with Crippen LogP contribution in [0.5, 0.6) is 5.75 Å². The third kappa shape index (κ3) is 6.69. The van der Waals surface area contributed by atoms with Gasteiger partial charge in [0.15, 0.2) is 8.32 Å². The number of H-pyrrole nitrogens is 1. The molecule has 3 rings (SSSR count). The summed E-state index contributed by atoms with van der Waals surface area (Å²) in [6, 6.07) is 17.9.